The van der Waals surface area contributed by atoms with Crippen LogP contribution in [0.4, 0.5) is 5.82 Å². The third kappa shape index (κ3) is 2.78. The van der Waals surface area contributed by atoms with Gasteiger partial charge < -0.3 is 4.42 Å². The highest BCUT2D eigenvalue weighted by molar-refractivity contribution is 6.29. The molecule has 0 spiro atoms. The molecule has 0 aliphatic heterocycles. The Bertz CT molecular complexity index is 438. The summed E-state index contributed by atoms with van der Waals surface area (Å²) in [4.78, 5) is 0. The topological polar surface area (TPSA) is 63.3 Å². The van der Waals surface area contributed by atoms with Crippen molar-refractivity contribution in [2.45, 2.75) is 0 Å². The lowest BCUT2D eigenvalue weighted by Gasteiger charge is -1.95. The zero-order chi connectivity index (χ0) is 10.5. The highest BCUT2D eigenvalue weighted by atomic mass is 35.5. The van der Waals surface area contributed by atoms with Gasteiger partial charge in [0, 0.05) is 0 Å². The van der Waals surface area contributed by atoms with E-state index in [2.05, 4.69) is 20.7 Å². The molecule has 0 fully saturated rings. The van der Waals surface area contributed by atoms with E-state index in [1.54, 1.807) is 30.5 Å². The van der Waals surface area contributed by atoms with E-state index in [1.165, 1.54) is 6.21 Å². The van der Waals surface area contributed by atoms with Crippen molar-refractivity contribution in [1.82, 2.24) is 10.2 Å². The standard InChI is InChI=1S/C9H7ClN4O/c10-8-3-4-9(14-12-8)13-11-6-7-2-1-5-15-7/h1-6H,(H,13,14). The Kier molecular flexibility index (Phi) is 2.94. The van der Waals surface area contributed by atoms with Gasteiger partial charge in [0.2, 0.25) is 0 Å². The van der Waals surface area contributed by atoms with E-state index >= 15 is 0 Å². The second kappa shape index (κ2) is 4.56. The first kappa shape index (κ1) is 9.67. The number of aromatic nitrogens is 2. The molecule has 6 heteroatoms. The summed E-state index contributed by atoms with van der Waals surface area (Å²) in [5, 5.41) is 11.7. The van der Waals surface area contributed by atoms with Gasteiger partial charge in [-0.25, -0.2) is 0 Å². The van der Waals surface area contributed by atoms with Crippen LogP contribution >= 0.6 is 11.6 Å². The first-order chi connectivity index (χ1) is 7.34. The second-order valence-corrected chi connectivity index (χ2v) is 3.01. The van der Waals surface area contributed by atoms with Gasteiger partial charge >= 0.3 is 0 Å². The summed E-state index contributed by atoms with van der Waals surface area (Å²) in [6, 6.07) is 6.87. The van der Waals surface area contributed by atoms with Gasteiger partial charge in [-0.1, -0.05) is 11.6 Å². The lowest BCUT2D eigenvalue weighted by atomic mass is 10.5. The third-order valence-electron chi connectivity index (χ3n) is 1.55. The van der Waals surface area contributed by atoms with Crippen molar-refractivity contribution >= 4 is 23.6 Å². The highest BCUT2D eigenvalue weighted by Gasteiger charge is 1.92. The molecule has 15 heavy (non-hydrogen) atoms. The third-order valence-corrected chi connectivity index (χ3v) is 1.75. The number of anilines is 1. The smallest absolute Gasteiger partial charge is 0.168 e. The van der Waals surface area contributed by atoms with Gasteiger partial charge in [-0.3, -0.25) is 5.43 Å². The lowest BCUT2D eigenvalue weighted by Crippen LogP contribution is -1.94. The van der Waals surface area contributed by atoms with Crippen molar-refractivity contribution in [2.24, 2.45) is 5.10 Å². The Morgan fingerprint density at radius 1 is 1.33 bits per heavy atom. The van der Waals surface area contributed by atoms with Gasteiger partial charge in [0.25, 0.3) is 0 Å². The SMILES string of the molecule is Clc1ccc(NN=Cc2ccco2)nn1. The minimum absolute atomic E-state index is 0.343. The first-order valence-corrected chi connectivity index (χ1v) is 4.54. The molecule has 1 N–H and O–H groups in total. The second-order valence-electron chi connectivity index (χ2n) is 2.63. The fourth-order valence-electron chi connectivity index (χ4n) is 0.902. The van der Waals surface area contributed by atoms with Gasteiger partial charge in [0.15, 0.2) is 11.0 Å². The summed E-state index contributed by atoms with van der Waals surface area (Å²) in [5.41, 5.74) is 2.69. The Morgan fingerprint density at radius 3 is 2.93 bits per heavy atom. The van der Waals surface area contributed by atoms with Crippen molar-refractivity contribution in [1.29, 1.82) is 0 Å². The average molecular weight is 223 g/mol. The maximum absolute atomic E-state index is 5.57. The fourth-order valence-corrected chi connectivity index (χ4v) is 1.00. The van der Waals surface area contributed by atoms with Crippen LogP contribution in [0.3, 0.4) is 0 Å². The van der Waals surface area contributed by atoms with E-state index in [9.17, 15) is 0 Å². The van der Waals surface area contributed by atoms with Gasteiger partial charge in [0.1, 0.15) is 5.76 Å². The number of hydrogen-bond donors (Lipinski definition) is 1. The van der Waals surface area contributed by atoms with Crippen LogP contribution in [0.5, 0.6) is 0 Å². The highest BCUT2D eigenvalue weighted by Crippen LogP contribution is 2.05. The Hall–Kier alpha value is -1.88. The summed E-state index contributed by atoms with van der Waals surface area (Å²) in [6.07, 6.45) is 3.11. The van der Waals surface area contributed by atoms with Gasteiger partial charge in [-0.05, 0) is 24.3 Å². The monoisotopic (exact) mass is 222 g/mol. The van der Waals surface area contributed by atoms with Crippen LogP contribution in [0.2, 0.25) is 5.15 Å². The number of furan rings is 1. The fraction of sp³-hybridized carbons (Fsp3) is 0. The number of rotatable bonds is 3. The lowest BCUT2D eigenvalue weighted by molar-refractivity contribution is 0.560. The van der Waals surface area contributed by atoms with Crippen molar-refractivity contribution in [2.75, 3.05) is 5.43 Å². The molecule has 0 aromatic carbocycles. The number of nitrogens with zero attached hydrogens (tertiary/aromatic N) is 3. The van der Waals surface area contributed by atoms with E-state index in [1.807, 2.05) is 0 Å². The molecule has 0 saturated carbocycles. The van der Waals surface area contributed by atoms with Crippen molar-refractivity contribution < 1.29 is 4.42 Å². The molecule has 0 aliphatic carbocycles. The number of hydrazone groups is 1. The maximum atomic E-state index is 5.57. The van der Waals surface area contributed by atoms with Crippen LogP contribution in [-0.2, 0) is 0 Å². The quantitative estimate of drug-likeness (QED) is 0.639. The van der Waals surface area contributed by atoms with E-state index in [0.717, 1.165) is 0 Å². The molecule has 0 atom stereocenters. The molecule has 2 heterocycles. The molecule has 76 valence electrons. The molecule has 0 aliphatic rings. The molecule has 2 aromatic heterocycles. The van der Waals surface area contributed by atoms with Gasteiger partial charge in [-0.15, -0.1) is 10.2 Å². The summed E-state index contributed by atoms with van der Waals surface area (Å²) in [7, 11) is 0. The summed E-state index contributed by atoms with van der Waals surface area (Å²) >= 11 is 5.57. The van der Waals surface area contributed by atoms with Crippen LogP contribution in [0.15, 0.2) is 40.0 Å². The van der Waals surface area contributed by atoms with E-state index in [0.29, 0.717) is 16.7 Å². The zero-order valence-electron chi connectivity index (χ0n) is 7.59. The normalized spacial score (nSPS) is 10.7. The van der Waals surface area contributed by atoms with E-state index in [-0.39, 0.29) is 0 Å². The molecule has 0 radical (unpaired) electrons. The molecular formula is C9H7ClN4O. The molecule has 2 aromatic rings. The minimum Gasteiger partial charge on any atom is -0.463 e. The van der Waals surface area contributed by atoms with Crippen molar-refractivity contribution in [3.05, 3.63) is 41.4 Å². The predicted molar refractivity (Wildman–Crippen MR) is 57.0 cm³/mol. The van der Waals surface area contributed by atoms with Crippen LogP contribution in [-0.4, -0.2) is 16.4 Å². The average Bonchev–Trinajstić information content (AvgIpc) is 2.74. The molecule has 5 nitrogen and oxygen atoms in total. The molecule has 2 rings (SSSR count). The number of hydrogen-bond acceptors (Lipinski definition) is 5. The van der Waals surface area contributed by atoms with Crippen LogP contribution in [0.1, 0.15) is 5.76 Å². The number of halogens is 1. The predicted octanol–water partition coefficient (Wildman–Crippen LogP) is 2.17. The Morgan fingerprint density at radius 2 is 2.27 bits per heavy atom. The van der Waals surface area contributed by atoms with Crippen molar-refractivity contribution in [3.63, 3.8) is 0 Å². The summed E-state index contributed by atoms with van der Waals surface area (Å²) in [5.74, 6) is 1.17. The molecule has 0 bridgehead atoms. The molecule has 0 saturated heterocycles. The van der Waals surface area contributed by atoms with Crippen LogP contribution in [0.25, 0.3) is 0 Å². The molecular weight excluding hydrogens is 216 g/mol. The first-order valence-electron chi connectivity index (χ1n) is 4.16. The molecule has 0 unspecified atom stereocenters. The van der Waals surface area contributed by atoms with Crippen molar-refractivity contribution in [3.8, 4) is 0 Å². The van der Waals surface area contributed by atoms with E-state index < -0.39 is 0 Å². The Balaban J connectivity index is 1.96. The number of nitrogens with one attached hydrogen (secondary N) is 1. The largest absolute Gasteiger partial charge is 0.463 e. The minimum atomic E-state index is 0.343. The van der Waals surface area contributed by atoms with Gasteiger partial charge in [-0.2, -0.15) is 5.10 Å². The van der Waals surface area contributed by atoms with E-state index in [4.69, 9.17) is 16.0 Å². The summed E-state index contributed by atoms with van der Waals surface area (Å²) in [6.45, 7) is 0. The van der Waals surface area contributed by atoms with Gasteiger partial charge in [0.05, 0.1) is 12.5 Å². The zero-order valence-corrected chi connectivity index (χ0v) is 8.35. The maximum Gasteiger partial charge on any atom is 0.168 e. The summed E-state index contributed by atoms with van der Waals surface area (Å²) < 4.78 is 5.04. The Labute approximate surface area is 90.8 Å². The molecule has 0 amide bonds. The van der Waals surface area contributed by atoms with Crippen LogP contribution in [0, 0.1) is 0 Å². The van der Waals surface area contributed by atoms with Crippen LogP contribution < -0.4 is 5.43 Å².